The van der Waals surface area contributed by atoms with Crippen molar-refractivity contribution >= 4 is 17.1 Å². The molecular weight excluding hydrogens is 246 g/mol. The maximum absolute atomic E-state index is 11.8. The van der Waals surface area contributed by atoms with E-state index in [2.05, 4.69) is 6.92 Å². The Morgan fingerprint density at radius 2 is 1.94 bits per heavy atom. The van der Waals surface area contributed by atoms with Gasteiger partial charge >= 0.3 is 5.30 Å². The van der Waals surface area contributed by atoms with Crippen molar-refractivity contribution in [2.45, 2.75) is 76.7 Å². The minimum absolute atomic E-state index is 0.0767. The van der Waals surface area contributed by atoms with Gasteiger partial charge in [-0.3, -0.25) is 0 Å². The lowest BCUT2D eigenvalue weighted by molar-refractivity contribution is 0.0907. The maximum Gasteiger partial charge on any atom is 0.368 e. The summed E-state index contributed by atoms with van der Waals surface area (Å²) < 4.78 is 5.52. The lowest BCUT2D eigenvalue weighted by Gasteiger charge is -2.27. The molecule has 0 bridgehead atoms. The molecule has 0 radical (unpaired) electrons. The fourth-order valence-corrected chi connectivity index (χ4v) is 3.11. The normalized spacial score (nSPS) is 30.4. The molecule has 106 valence electrons. The van der Waals surface area contributed by atoms with Gasteiger partial charge in [0.25, 0.3) is 0 Å². The highest BCUT2D eigenvalue weighted by Gasteiger charge is 2.25. The molecule has 2 unspecified atom stereocenters. The fraction of sp³-hybridized carbons (Fsp3) is 0.929. The maximum atomic E-state index is 11.8. The lowest BCUT2D eigenvalue weighted by atomic mass is 9.88. The largest absolute Gasteiger partial charge is 0.454 e. The van der Waals surface area contributed by atoms with Crippen LogP contribution in [0.5, 0.6) is 0 Å². The molecule has 0 saturated heterocycles. The van der Waals surface area contributed by atoms with Crippen molar-refractivity contribution in [2.75, 3.05) is 0 Å². The average Bonchev–Trinajstić information content (AvgIpc) is 2.11. The van der Waals surface area contributed by atoms with E-state index in [0.29, 0.717) is 12.0 Å². The summed E-state index contributed by atoms with van der Waals surface area (Å²) in [6, 6.07) is 0.320. The van der Waals surface area contributed by atoms with E-state index in [0.717, 1.165) is 32.1 Å². The number of hydrogen-bond acceptors (Lipinski definition) is 4. The van der Waals surface area contributed by atoms with Crippen molar-refractivity contribution in [3.8, 4) is 0 Å². The molecule has 1 aliphatic rings. The van der Waals surface area contributed by atoms with Gasteiger partial charge in [0.05, 0.1) is 0 Å². The van der Waals surface area contributed by atoms with Gasteiger partial charge in [0.1, 0.15) is 6.10 Å². The van der Waals surface area contributed by atoms with E-state index in [1.807, 2.05) is 20.8 Å². The summed E-state index contributed by atoms with van der Waals surface area (Å²) in [4.78, 5) is 11.8. The Morgan fingerprint density at radius 3 is 2.56 bits per heavy atom. The molecule has 1 saturated carbocycles. The minimum Gasteiger partial charge on any atom is -0.454 e. The van der Waals surface area contributed by atoms with E-state index in [1.165, 1.54) is 11.8 Å². The standard InChI is InChI=1S/C14H27NO2S/c1-10-8-11(15)6-5-7-12(9-10)17-13(16)18-14(2,3)4/h10-12H,5-9,15H2,1-4H3/t10?,11-,12?/m0/s1. The van der Waals surface area contributed by atoms with Crippen LogP contribution in [-0.2, 0) is 4.74 Å². The Labute approximate surface area is 115 Å². The molecular formula is C14H27NO2S. The van der Waals surface area contributed by atoms with Gasteiger partial charge in [-0.05, 0) is 49.8 Å². The third-order valence-corrected chi connectivity index (χ3v) is 4.00. The number of rotatable bonds is 1. The number of carbonyl (C=O) groups excluding carboxylic acids is 1. The Bertz CT molecular complexity index is 275. The van der Waals surface area contributed by atoms with Crippen molar-refractivity contribution < 1.29 is 9.53 Å². The molecule has 3 nitrogen and oxygen atoms in total. The van der Waals surface area contributed by atoms with Crippen LogP contribution in [0.15, 0.2) is 0 Å². The van der Waals surface area contributed by atoms with Crippen LogP contribution in [-0.4, -0.2) is 22.2 Å². The summed E-state index contributed by atoms with van der Waals surface area (Å²) in [5, 5.41) is -0.135. The van der Waals surface area contributed by atoms with Crippen molar-refractivity contribution in [3.63, 3.8) is 0 Å². The Hall–Kier alpha value is -0.220. The van der Waals surface area contributed by atoms with E-state index < -0.39 is 0 Å². The first-order chi connectivity index (χ1) is 8.26. The highest BCUT2D eigenvalue weighted by atomic mass is 32.2. The molecule has 1 fully saturated rings. The smallest absolute Gasteiger partial charge is 0.368 e. The molecule has 4 heteroatoms. The van der Waals surface area contributed by atoms with Crippen molar-refractivity contribution in [1.82, 2.24) is 0 Å². The van der Waals surface area contributed by atoms with Crippen LogP contribution in [0.1, 0.15) is 59.8 Å². The lowest BCUT2D eigenvalue weighted by Crippen LogP contribution is -2.29. The van der Waals surface area contributed by atoms with E-state index in [9.17, 15) is 4.79 Å². The van der Waals surface area contributed by atoms with E-state index in [-0.39, 0.29) is 16.2 Å². The van der Waals surface area contributed by atoms with Gasteiger partial charge in [-0.1, -0.05) is 27.7 Å². The average molecular weight is 273 g/mol. The van der Waals surface area contributed by atoms with Gasteiger partial charge in [0, 0.05) is 10.8 Å². The number of thioether (sulfide) groups is 1. The molecule has 1 aliphatic carbocycles. The molecule has 0 amide bonds. The number of hydrogen-bond donors (Lipinski definition) is 1. The number of ether oxygens (including phenoxy) is 1. The quantitative estimate of drug-likeness (QED) is 0.735. The first-order valence-electron chi connectivity index (χ1n) is 6.91. The van der Waals surface area contributed by atoms with Crippen molar-refractivity contribution in [1.29, 1.82) is 0 Å². The third-order valence-electron chi connectivity index (χ3n) is 3.12. The second-order valence-electron chi connectivity index (χ2n) is 6.47. The molecule has 0 aromatic rings. The summed E-state index contributed by atoms with van der Waals surface area (Å²) in [6.45, 7) is 8.28. The van der Waals surface area contributed by atoms with Crippen molar-refractivity contribution in [2.24, 2.45) is 11.7 Å². The molecule has 0 heterocycles. The van der Waals surface area contributed by atoms with Gasteiger partial charge in [0.15, 0.2) is 0 Å². The van der Waals surface area contributed by atoms with Gasteiger partial charge in [-0.2, -0.15) is 0 Å². The zero-order chi connectivity index (χ0) is 13.8. The highest BCUT2D eigenvalue weighted by Crippen LogP contribution is 2.29. The monoisotopic (exact) mass is 273 g/mol. The zero-order valence-electron chi connectivity index (χ0n) is 12.1. The topological polar surface area (TPSA) is 52.3 Å². The molecule has 0 aromatic heterocycles. The zero-order valence-corrected chi connectivity index (χ0v) is 12.9. The van der Waals surface area contributed by atoms with Crippen LogP contribution in [0.25, 0.3) is 0 Å². The molecule has 2 N–H and O–H groups in total. The van der Waals surface area contributed by atoms with Crippen molar-refractivity contribution in [3.05, 3.63) is 0 Å². The van der Waals surface area contributed by atoms with Gasteiger partial charge in [-0.25, -0.2) is 4.79 Å². The summed E-state index contributed by atoms with van der Waals surface area (Å²) in [7, 11) is 0. The third kappa shape index (κ3) is 6.64. The summed E-state index contributed by atoms with van der Waals surface area (Å²) in [5.74, 6) is 0.540. The second-order valence-corrected chi connectivity index (χ2v) is 8.23. The molecule has 0 aliphatic heterocycles. The summed E-state index contributed by atoms with van der Waals surface area (Å²) in [6.07, 6.45) is 5.13. The van der Waals surface area contributed by atoms with Gasteiger partial charge < -0.3 is 10.5 Å². The van der Waals surface area contributed by atoms with Crippen LogP contribution in [0.3, 0.4) is 0 Å². The summed E-state index contributed by atoms with van der Waals surface area (Å²) >= 11 is 1.28. The van der Waals surface area contributed by atoms with Crippen LogP contribution in [0.4, 0.5) is 4.79 Å². The Balaban J connectivity index is 2.43. The van der Waals surface area contributed by atoms with Gasteiger partial charge in [-0.15, -0.1) is 0 Å². The van der Waals surface area contributed by atoms with Gasteiger partial charge in [0.2, 0.25) is 0 Å². The molecule has 3 atom stereocenters. The van der Waals surface area contributed by atoms with Crippen LogP contribution in [0.2, 0.25) is 0 Å². The molecule has 0 aromatic carbocycles. The molecule has 18 heavy (non-hydrogen) atoms. The first-order valence-corrected chi connectivity index (χ1v) is 7.73. The van der Waals surface area contributed by atoms with E-state index >= 15 is 0 Å². The minimum atomic E-state index is -0.135. The summed E-state index contributed by atoms with van der Waals surface area (Å²) in [5.41, 5.74) is 6.01. The van der Waals surface area contributed by atoms with E-state index in [1.54, 1.807) is 0 Å². The van der Waals surface area contributed by atoms with Crippen LogP contribution in [0, 0.1) is 5.92 Å². The second kappa shape index (κ2) is 6.80. The first kappa shape index (κ1) is 15.8. The predicted octanol–water partition coefficient (Wildman–Crippen LogP) is 3.95. The predicted molar refractivity (Wildman–Crippen MR) is 77.8 cm³/mol. The SMILES string of the molecule is CC1CC(OC(=O)SC(C)(C)C)CCC[C@H](N)C1. The molecule has 1 rings (SSSR count). The van der Waals surface area contributed by atoms with E-state index in [4.69, 9.17) is 10.5 Å². The van der Waals surface area contributed by atoms with Crippen LogP contribution < -0.4 is 5.73 Å². The number of nitrogens with two attached hydrogens (primary N) is 1. The fourth-order valence-electron chi connectivity index (χ4n) is 2.42. The van der Waals surface area contributed by atoms with Crippen LogP contribution >= 0.6 is 11.8 Å². The number of carbonyl (C=O) groups is 1. The highest BCUT2D eigenvalue weighted by molar-refractivity contribution is 8.14. The Kier molecular flexibility index (Phi) is 5.99. The Morgan fingerprint density at radius 1 is 1.28 bits per heavy atom. The molecule has 0 spiro atoms.